The Morgan fingerprint density at radius 3 is 2.58 bits per heavy atom. The Labute approximate surface area is 190 Å². The molecular formula is C25H27F3N2O3. The second-order valence-electron chi connectivity index (χ2n) is 9.01. The number of carbonyl (C=O) groups is 2. The van der Waals surface area contributed by atoms with Crippen LogP contribution in [0.1, 0.15) is 48.5 Å². The molecule has 0 radical (unpaired) electrons. The number of para-hydroxylation sites is 1. The van der Waals surface area contributed by atoms with Gasteiger partial charge >= 0.3 is 6.18 Å². The Kier molecular flexibility index (Phi) is 6.63. The minimum absolute atomic E-state index is 0.0177. The summed E-state index contributed by atoms with van der Waals surface area (Å²) in [6, 6.07) is 11.0. The summed E-state index contributed by atoms with van der Waals surface area (Å²) in [6.07, 6.45) is 0.432. The van der Waals surface area contributed by atoms with Crippen molar-refractivity contribution in [2.45, 2.75) is 44.8 Å². The van der Waals surface area contributed by atoms with Crippen molar-refractivity contribution < 1.29 is 27.5 Å². The Hall–Kier alpha value is -3.03. The van der Waals surface area contributed by atoms with Gasteiger partial charge in [0.05, 0.1) is 11.1 Å². The lowest BCUT2D eigenvalue weighted by Crippen LogP contribution is -2.40. The minimum Gasteiger partial charge on any atom is -0.483 e. The second-order valence-corrected chi connectivity index (χ2v) is 9.01. The van der Waals surface area contributed by atoms with E-state index in [1.54, 1.807) is 24.3 Å². The summed E-state index contributed by atoms with van der Waals surface area (Å²) in [4.78, 5) is 25.1. The topological polar surface area (TPSA) is 67.4 Å². The Bertz CT molecular complexity index is 1020. The fourth-order valence-corrected chi connectivity index (χ4v) is 5.19. The van der Waals surface area contributed by atoms with Gasteiger partial charge in [0.15, 0.2) is 6.61 Å². The molecule has 0 aromatic heterocycles. The first-order chi connectivity index (χ1) is 15.7. The molecule has 0 saturated heterocycles. The van der Waals surface area contributed by atoms with Crippen LogP contribution < -0.4 is 15.4 Å². The molecule has 0 heterocycles. The normalized spacial score (nSPS) is 22.6. The van der Waals surface area contributed by atoms with Crippen LogP contribution in [0, 0.1) is 17.8 Å². The molecule has 176 valence electrons. The molecule has 8 heteroatoms. The van der Waals surface area contributed by atoms with Crippen LogP contribution in [0.25, 0.3) is 0 Å². The minimum atomic E-state index is -4.50. The predicted molar refractivity (Wildman–Crippen MR) is 118 cm³/mol. The molecule has 0 spiro atoms. The molecular weight excluding hydrogens is 433 g/mol. The fraction of sp³-hybridized carbons (Fsp3) is 0.440. The fourth-order valence-electron chi connectivity index (χ4n) is 5.19. The summed E-state index contributed by atoms with van der Waals surface area (Å²) in [7, 11) is 0. The predicted octanol–water partition coefficient (Wildman–Crippen LogP) is 5.28. The van der Waals surface area contributed by atoms with E-state index in [-0.39, 0.29) is 23.4 Å². The van der Waals surface area contributed by atoms with Crippen LogP contribution >= 0.6 is 0 Å². The van der Waals surface area contributed by atoms with E-state index >= 15 is 0 Å². The molecule has 2 aliphatic carbocycles. The zero-order valence-corrected chi connectivity index (χ0v) is 18.3. The summed E-state index contributed by atoms with van der Waals surface area (Å²) < 4.78 is 44.1. The van der Waals surface area contributed by atoms with Crippen LogP contribution in [-0.4, -0.2) is 24.5 Å². The zero-order chi connectivity index (χ0) is 23.6. The van der Waals surface area contributed by atoms with Gasteiger partial charge < -0.3 is 15.4 Å². The highest BCUT2D eigenvalue weighted by atomic mass is 19.4. The number of amides is 2. The van der Waals surface area contributed by atoms with Crippen LogP contribution in [-0.2, 0) is 11.0 Å². The van der Waals surface area contributed by atoms with Crippen molar-refractivity contribution in [2.75, 3.05) is 11.9 Å². The number of nitrogens with one attached hydrogen (secondary N) is 2. The second kappa shape index (κ2) is 9.45. The van der Waals surface area contributed by atoms with E-state index in [1.165, 1.54) is 31.4 Å². The first-order valence-electron chi connectivity index (χ1n) is 11.2. The summed E-state index contributed by atoms with van der Waals surface area (Å²) in [6.45, 7) is 1.59. The van der Waals surface area contributed by atoms with Crippen molar-refractivity contribution >= 4 is 17.5 Å². The third-order valence-corrected chi connectivity index (χ3v) is 6.76. The van der Waals surface area contributed by atoms with E-state index in [4.69, 9.17) is 4.74 Å². The van der Waals surface area contributed by atoms with E-state index in [2.05, 4.69) is 10.6 Å². The maximum Gasteiger partial charge on any atom is 0.416 e. The van der Waals surface area contributed by atoms with Crippen molar-refractivity contribution in [1.29, 1.82) is 0 Å². The van der Waals surface area contributed by atoms with Crippen molar-refractivity contribution in [3.63, 3.8) is 0 Å². The lowest BCUT2D eigenvalue weighted by Gasteiger charge is -2.28. The summed E-state index contributed by atoms with van der Waals surface area (Å²) in [5, 5.41) is 5.48. The van der Waals surface area contributed by atoms with E-state index < -0.39 is 24.3 Å². The number of anilines is 1. The number of carbonyl (C=O) groups excluding carboxylic acids is 2. The smallest absolute Gasteiger partial charge is 0.416 e. The van der Waals surface area contributed by atoms with Gasteiger partial charge in [0.1, 0.15) is 5.75 Å². The number of benzene rings is 2. The van der Waals surface area contributed by atoms with Gasteiger partial charge in [-0.25, -0.2) is 0 Å². The molecule has 33 heavy (non-hydrogen) atoms. The lowest BCUT2D eigenvalue weighted by molar-refractivity contribution is -0.137. The van der Waals surface area contributed by atoms with Crippen LogP contribution in [0.15, 0.2) is 48.5 Å². The molecule has 2 amide bonds. The molecule has 2 fully saturated rings. The van der Waals surface area contributed by atoms with Crippen LogP contribution in [0.4, 0.5) is 18.9 Å². The van der Waals surface area contributed by atoms with Gasteiger partial charge in [-0.05, 0) is 74.3 Å². The van der Waals surface area contributed by atoms with E-state index in [0.29, 0.717) is 17.4 Å². The van der Waals surface area contributed by atoms with Gasteiger partial charge in [-0.2, -0.15) is 13.2 Å². The van der Waals surface area contributed by atoms with Gasteiger partial charge in [0.25, 0.3) is 11.8 Å². The molecule has 2 aromatic carbocycles. The average Bonchev–Trinajstić information content (AvgIpc) is 3.41. The maximum atomic E-state index is 12.9. The first-order valence-corrected chi connectivity index (χ1v) is 11.2. The molecule has 2 saturated carbocycles. The van der Waals surface area contributed by atoms with Crippen LogP contribution in [0.2, 0.25) is 0 Å². The molecule has 2 aliphatic rings. The molecule has 0 unspecified atom stereocenters. The number of rotatable bonds is 7. The van der Waals surface area contributed by atoms with Crippen molar-refractivity contribution in [3.8, 4) is 5.75 Å². The van der Waals surface area contributed by atoms with Crippen LogP contribution in [0.3, 0.4) is 0 Å². The van der Waals surface area contributed by atoms with Crippen molar-refractivity contribution in [2.24, 2.45) is 17.8 Å². The summed E-state index contributed by atoms with van der Waals surface area (Å²) in [5.74, 6) is 1.30. The Morgan fingerprint density at radius 2 is 1.88 bits per heavy atom. The van der Waals surface area contributed by atoms with Crippen LogP contribution in [0.5, 0.6) is 5.75 Å². The number of fused-ring (bicyclic) bond motifs is 2. The van der Waals surface area contributed by atoms with E-state index in [9.17, 15) is 22.8 Å². The maximum absolute atomic E-state index is 12.9. The molecule has 2 aromatic rings. The first kappa shape index (κ1) is 23.1. The van der Waals surface area contributed by atoms with E-state index in [0.717, 1.165) is 24.5 Å². The number of alkyl halides is 3. The zero-order valence-electron chi connectivity index (χ0n) is 18.3. The molecule has 2 N–H and O–H groups in total. The largest absolute Gasteiger partial charge is 0.483 e. The molecule has 5 nitrogen and oxygen atoms in total. The van der Waals surface area contributed by atoms with Gasteiger partial charge in [-0.15, -0.1) is 0 Å². The number of hydrogen-bond acceptors (Lipinski definition) is 3. The quantitative estimate of drug-likeness (QED) is 0.591. The van der Waals surface area contributed by atoms with Crippen molar-refractivity contribution in [3.05, 3.63) is 59.7 Å². The highest BCUT2D eigenvalue weighted by Crippen LogP contribution is 2.49. The molecule has 0 aliphatic heterocycles. The third kappa shape index (κ3) is 5.49. The SMILES string of the molecule is C[C@H](NC(=O)c1ccccc1OCC(=O)Nc1cccc(C(F)(F)F)c1)[C@H]1C[C@H]2CC[C@H]1C2. The molecule has 4 rings (SSSR count). The monoisotopic (exact) mass is 460 g/mol. The highest BCUT2D eigenvalue weighted by molar-refractivity contribution is 5.97. The average molecular weight is 460 g/mol. The number of halogens is 3. The number of ether oxygens (including phenoxy) is 1. The molecule has 2 bridgehead atoms. The molecule has 4 atom stereocenters. The van der Waals surface area contributed by atoms with Gasteiger partial charge in [0, 0.05) is 11.7 Å². The van der Waals surface area contributed by atoms with Gasteiger partial charge in [-0.3, -0.25) is 9.59 Å². The standard InChI is InChI=1S/C25H27F3N2O3/c1-15(21-12-16-9-10-17(21)11-16)29-24(32)20-7-2-3-8-22(20)33-14-23(31)30-19-6-4-5-18(13-19)25(26,27)28/h2-8,13,15-17,21H,9-12,14H2,1H3,(H,29,32)(H,30,31)/t15-,16-,17-,21+/m0/s1. The van der Waals surface area contributed by atoms with Crippen molar-refractivity contribution in [1.82, 2.24) is 5.32 Å². The third-order valence-electron chi connectivity index (χ3n) is 6.76. The summed E-state index contributed by atoms with van der Waals surface area (Å²) >= 11 is 0. The Balaban J connectivity index is 1.34. The number of hydrogen-bond donors (Lipinski definition) is 2. The van der Waals surface area contributed by atoms with E-state index in [1.807, 2.05) is 6.92 Å². The highest BCUT2D eigenvalue weighted by Gasteiger charge is 2.42. The summed E-state index contributed by atoms with van der Waals surface area (Å²) in [5.41, 5.74) is -0.517. The Morgan fingerprint density at radius 1 is 1.09 bits per heavy atom. The lowest BCUT2D eigenvalue weighted by atomic mass is 9.84. The van der Waals surface area contributed by atoms with Gasteiger partial charge in [-0.1, -0.05) is 24.6 Å². The van der Waals surface area contributed by atoms with Gasteiger partial charge in [0.2, 0.25) is 0 Å².